The Labute approximate surface area is 372 Å². The fourth-order valence-corrected chi connectivity index (χ4v) is 7.96. The van der Waals surface area contributed by atoms with Crippen LogP contribution in [0.2, 0.25) is 0 Å². The number of rotatable bonds is 6. The van der Waals surface area contributed by atoms with Gasteiger partial charge >= 0.3 is 0 Å². The monoisotopic (exact) mass is 972 g/mol. The minimum absolute atomic E-state index is 0. The van der Waals surface area contributed by atoms with Crippen molar-refractivity contribution in [3.05, 3.63) is 181 Å². The van der Waals surface area contributed by atoms with Gasteiger partial charge in [0.05, 0.1) is 28.4 Å². The summed E-state index contributed by atoms with van der Waals surface area (Å²) in [4.78, 5) is 10.00. The van der Waals surface area contributed by atoms with Crippen molar-refractivity contribution in [2.75, 3.05) is 0 Å². The van der Waals surface area contributed by atoms with Gasteiger partial charge in [-0.15, -0.1) is 24.3 Å². The average Bonchev–Trinajstić information content (AvgIpc) is 3.59. The van der Waals surface area contributed by atoms with Crippen LogP contribution in [-0.2, 0) is 31.9 Å². The van der Waals surface area contributed by atoms with Crippen LogP contribution in [0, 0.1) is 17.4 Å². The molecule has 0 saturated carbocycles. The summed E-state index contributed by atoms with van der Waals surface area (Å²) in [5.41, 5.74) is 15.1. The third-order valence-electron chi connectivity index (χ3n) is 11.4. The van der Waals surface area contributed by atoms with Gasteiger partial charge in [0, 0.05) is 60.7 Å². The fraction of sp³-hybridized carbons (Fsp3) is 0.145. The first-order valence-corrected chi connectivity index (χ1v) is 20.3. The zero-order chi connectivity index (χ0) is 41.8. The van der Waals surface area contributed by atoms with Crippen molar-refractivity contribution in [2.45, 2.75) is 52.4 Å². The van der Waals surface area contributed by atoms with Gasteiger partial charge in [0.15, 0.2) is 0 Å². The molecule has 9 aromatic rings. The van der Waals surface area contributed by atoms with Crippen LogP contribution in [0.5, 0.6) is 5.75 Å². The van der Waals surface area contributed by atoms with Crippen LogP contribution in [0.1, 0.15) is 58.2 Å². The van der Waals surface area contributed by atoms with Crippen molar-refractivity contribution in [3.63, 3.8) is 0 Å². The molecule has 3 aromatic heterocycles. The third kappa shape index (κ3) is 8.05. The molecule has 1 N–H and O–H groups in total. The number of benzene rings is 6. The Hall–Kier alpha value is -6.60. The molecule has 0 aliphatic rings. The summed E-state index contributed by atoms with van der Waals surface area (Å²) < 4.78 is 2.26. The number of pyridine rings is 2. The predicted octanol–water partition coefficient (Wildman–Crippen LogP) is 13.9. The molecule has 61 heavy (non-hydrogen) atoms. The van der Waals surface area contributed by atoms with Gasteiger partial charge in [0.1, 0.15) is 5.75 Å². The topological polar surface area (TPSA) is 74.7 Å². The molecule has 0 amide bonds. The molecule has 302 valence electrons. The van der Waals surface area contributed by atoms with E-state index in [2.05, 4.69) is 143 Å². The second kappa shape index (κ2) is 16.1. The van der Waals surface area contributed by atoms with Gasteiger partial charge in [0.2, 0.25) is 0 Å². The third-order valence-corrected chi connectivity index (χ3v) is 11.4. The number of hydrogen-bond donors (Lipinski definition) is 1. The van der Waals surface area contributed by atoms with E-state index in [1.165, 1.54) is 11.1 Å². The van der Waals surface area contributed by atoms with Crippen LogP contribution < -0.4 is 0 Å². The number of fused-ring (bicyclic) bond motifs is 3. The van der Waals surface area contributed by atoms with E-state index in [1.54, 1.807) is 6.07 Å². The summed E-state index contributed by atoms with van der Waals surface area (Å²) in [6.07, 6.45) is 1.86. The predicted molar refractivity (Wildman–Crippen MR) is 246 cm³/mol. The van der Waals surface area contributed by atoms with Crippen molar-refractivity contribution in [2.24, 2.45) is 0 Å². The maximum absolute atomic E-state index is 11.0. The van der Waals surface area contributed by atoms with Crippen molar-refractivity contribution in [3.8, 4) is 73.5 Å². The van der Waals surface area contributed by atoms with Gasteiger partial charge in [-0.1, -0.05) is 119 Å². The molecule has 5 nitrogen and oxygen atoms in total. The SMILES string of the molecule is CC(C)(C)c1cc(-c2cc(-c3[c-]c(-c4cc(-c5ccc6c(c5)c5ccccc5n6-c5ccc(C#N)cc5)ccn4)ccc3)nc(-c3ccccc3O)c2)cc(C(C)(C)C)c1.[Pt]. The number of nitriles is 1. The number of phenolic OH excluding ortho intramolecular Hbond substituents is 1. The Bertz CT molecular complexity index is 3110. The van der Waals surface area contributed by atoms with Gasteiger partial charge in [-0.2, -0.15) is 5.26 Å². The van der Waals surface area contributed by atoms with Crippen molar-refractivity contribution in [1.82, 2.24) is 14.5 Å². The van der Waals surface area contributed by atoms with Crippen molar-refractivity contribution < 1.29 is 26.2 Å². The van der Waals surface area contributed by atoms with Crippen LogP contribution in [0.3, 0.4) is 0 Å². The Balaban J connectivity index is 0.00000514. The molecule has 3 heterocycles. The number of nitrogens with zero attached hydrogens (tertiary/aromatic N) is 4. The first-order valence-electron chi connectivity index (χ1n) is 20.3. The second-order valence-electron chi connectivity index (χ2n) is 17.6. The number of aromatic nitrogens is 3. The molecule has 6 heteroatoms. The molecule has 0 saturated heterocycles. The molecule has 0 bridgehead atoms. The Morgan fingerprint density at radius 3 is 1.87 bits per heavy atom. The van der Waals surface area contributed by atoms with Crippen LogP contribution in [0.4, 0.5) is 0 Å². The van der Waals surface area contributed by atoms with E-state index in [4.69, 9.17) is 9.97 Å². The van der Waals surface area contributed by atoms with E-state index in [-0.39, 0.29) is 37.6 Å². The zero-order valence-corrected chi connectivity index (χ0v) is 37.3. The molecule has 0 atom stereocenters. The van der Waals surface area contributed by atoms with E-state index >= 15 is 0 Å². The van der Waals surface area contributed by atoms with Gasteiger partial charge in [-0.05, 0) is 111 Å². The van der Waals surface area contributed by atoms with Crippen molar-refractivity contribution >= 4 is 21.8 Å². The summed E-state index contributed by atoms with van der Waals surface area (Å²) >= 11 is 0. The van der Waals surface area contributed by atoms with Gasteiger partial charge in [-0.25, -0.2) is 0 Å². The van der Waals surface area contributed by atoms with E-state index in [0.717, 1.165) is 72.3 Å². The first kappa shape index (κ1) is 41.1. The molecule has 0 fully saturated rings. The molecule has 0 radical (unpaired) electrons. The Morgan fingerprint density at radius 1 is 0.557 bits per heavy atom. The van der Waals surface area contributed by atoms with Crippen LogP contribution in [0.25, 0.3) is 83.5 Å². The average molecular weight is 973 g/mol. The maximum Gasteiger partial charge on any atom is 0.124 e. The molecular weight excluding hydrogens is 928 g/mol. The number of aromatic hydroxyl groups is 1. The summed E-state index contributed by atoms with van der Waals surface area (Å²) in [6, 6.07) is 57.5. The molecule has 0 aliphatic heterocycles. The van der Waals surface area contributed by atoms with Crippen LogP contribution in [-0.4, -0.2) is 19.6 Å². The smallest absolute Gasteiger partial charge is 0.124 e. The van der Waals surface area contributed by atoms with Crippen LogP contribution >= 0.6 is 0 Å². The van der Waals surface area contributed by atoms with Crippen molar-refractivity contribution in [1.29, 1.82) is 5.26 Å². The minimum Gasteiger partial charge on any atom is -0.507 e. The first-order chi connectivity index (χ1) is 28.8. The molecule has 0 spiro atoms. The Morgan fingerprint density at radius 2 is 1.16 bits per heavy atom. The van der Waals surface area contributed by atoms with E-state index in [9.17, 15) is 10.4 Å². The molecular formula is C55H45N4OPt-. The quantitative estimate of drug-likeness (QED) is 0.169. The summed E-state index contributed by atoms with van der Waals surface area (Å²) in [7, 11) is 0. The minimum atomic E-state index is -0.0488. The molecule has 6 aromatic carbocycles. The fourth-order valence-electron chi connectivity index (χ4n) is 7.96. The Kier molecular flexibility index (Phi) is 10.9. The number of hydrogen-bond acceptors (Lipinski definition) is 4. The molecule has 0 unspecified atom stereocenters. The standard InChI is InChI=1S/C55H45N4O.Pt/c1-54(2,3)42-27-40(28-43(33-42)55(4,5)6)41-31-49(58-50(32-41)46-15-8-10-17-53(46)60)39-13-11-12-38(26-39)48-30-37(24-25-57-48)36-20-23-52-47(29-36)45-14-7-9-16-51(45)59(52)44-21-18-35(34-56)19-22-44;/h7-25,27-33,60H,1-6H3;/q-1;. The summed E-state index contributed by atoms with van der Waals surface area (Å²) in [5, 5.41) is 22.7. The van der Waals surface area contributed by atoms with E-state index in [1.807, 2.05) is 66.9 Å². The number of phenols is 1. The summed E-state index contributed by atoms with van der Waals surface area (Å²) in [6.45, 7) is 13.5. The second-order valence-corrected chi connectivity index (χ2v) is 17.6. The van der Waals surface area contributed by atoms with E-state index < -0.39 is 0 Å². The molecule has 0 aliphatic carbocycles. The number of para-hydroxylation sites is 2. The van der Waals surface area contributed by atoms with Crippen LogP contribution in [0.15, 0.2) is 158 Å². The van der Waals surface area contributed by atoms with E-state index in [0.29, 0.717) is 16.8 Å². The summed E-state index contributed by atoms with van der Waals surface area (Å²) in [5.74, 6) is 0.183. The normalized spacial score (nSPS) is 11.7. The molecule has 9 rings (SSSR count). The van der Waals surface area contributed by atoms with Gasteiger partial charge < -0.3 is 9.67 Å². The van der Waals surface area contributed by atoms with Gasteiger partial charge in [0.25, 0.3) is 0 Å². The zero-order valence-electron chi connectivity index (χ0n) is 35.1. The maximum atomic E-state index is 11.0. The largest absolute Gasteiger partial charge is 0.507 e. The van der Waals surface area contributed by atoms with Gasteiger partial charge in [-0.3, -0.25) is 9.97 Å².